The van der Waals surface area contributed by atoms with Gasteiger partial charge in [0.25, 0.3) is 0 Å². The second kappa shape index (κ2) is 9.29. The topological polar surface area (TPSA) is 55.3 Å². The summed E-state index contributed by atoms with van der Waals surface area (Å²) < 4.78 is 0. The molecular formula is C17H23ClN2O. The summed E-state index contributed by atoms with van der Waals surface area (Å²) in [6, 6.07) is 17.3. The third-order valence-corrected chi connectivity index (χ3v) is 3.10. The van der Waals surface area contributed by atoms with Crippen molar-refractivity contribution in [1.29, 1.82) is 0 Å². The van der Waals surface area contributed by atoms with E-state index in [9.17, 15) is 4.79 Å². The Morgan fingerprint density at radius 1 is 0.905 bits per heavy atom. The summed E-state index contributed by atoms with van der Waals surface area (Å²) in [6.45, 7) is 1.02. The Kier molecular flexibility index (Phi) is 8.55. The fraction of sp³-hybridized carbons (Fsp3) is 0.235. The van der Waals surface area contributed by atoms with E-state index in [-0.39, 0.29) is 24.3 Å². The average Bonchev–Trinajstić information content (AvgIpc) is 2.46. The van der Waals surface area contributed by atoms with Gasteiger partial charge in [0.1, 0.15) is 0 Å². The number of nitrogens with zero attached hydrogens (tertiary/aromatic N) is 1. The third-order valence-electron chi connectivity index (χ3n) is 3.10. The number of carbonyl (C=O) groups is 1. The molecule has 0 fully saturated rings. The van der Waals surface area contributed by atoms with Gasteiger partial charge in [-0.1, -0.05) is 54.6 Å². The summed E-state index contributed by atoms with van der Waals surface area (Å²) in [5.74, 6) is 0.0831. The van der Waals surface area contributed by atoms with Gasteiger partial charge in [-0.3, -0.25) is 4.79 Å². The van der Waals surface area contributed by atoms with Crippen molar-refractivity contribution >= 4 is 18.2 Å². The molecule has 114 valence electrons. The molecule has 0 aliphatic carbocycles. The van der Waals surface area contributed by atoms with Crippen LogP contribution >= 0.6 is 12.4 Å². The summed E-state index contributed by atoms with van der Waals surface area (Å²) >= 11 is 0. The van der Waals surface area contributed by atoms with Crippen LogP contribution < -0.4 is 6.15 Å². The molecule has 4 heteroatoms. The third kappa shape index (κ3) is 5.68. The highest BCUT2D eigenvalue weighted by molar-refractivity contribution is 6.08. The van der Waals surface area contributed by atoms with Gasteiger partial charge in [0.15, 0.2) is 5.78 Å². The Bertz CT molecular complexity index is 538. The molecule has 0 heterocycles. The van der Waals surface area contributed by atoms with E-state index in [4.69, 9.17) is 0 Å². The van der Waals surface area contributed by atoms with E-state index in [0.717, 1.165) is 24.1 Å². The molecule has 0 saturated heterocycles. The summed E-state index contributed by atoms with van der Waals surface area (Å²) in [5.41, 5.74) is 2.75. The number of ketones is 1. The quantitative estimate of drug-likeness (QED) is 0.859. The molecule has 0 spiro atoms. The normalized spacial score (nSPS) is 9.67. The molecular weight excluding hydrogens is 284 g/mol. The Morgan fingerprint density at radius 2 is 1.43 bits per heavy atom. The lowest BCUT2D eigenvalue weighted by Crippen LogP contribution is -2.15. The molecule has 0 aromatic heterocycles. The van der Waals surface area contributed by atoms with Gasteiger partial charge in [-0.25, -0.2) is 0 Å². The van der Waals surface area contributed by atoms with Crippen molar-refractivity contribution in [1.82, 2.24) is 11.1 Å². The first-order chi connectivity index (χ1) is 9.16. The van der Waals surface area contributed by atoms with Crippen LogP contribution in [-0.4, -0.2) is 31.3 Å². The molecule has 0 aliphatic heterocycles. The van der Waals surface area contributed by atoms with Crippen LogP contribution in [0.15, 0.2) is 54.6 Å². The number of carbonyl (C=O) groups excluding carboxylic acids is 1. The van der Waals surface area contributed by atoms with Gasteiger partial charge in [0, 0.05) is 17.7 Å². The zero-order valence-corrected chi connectivity index (χ0v) is 13.4. The standard InChI is InChI=1S/C17H19NO.ClH.H3N/c1-18(2)13-12-14-8-10-16(11-9-14)17(19)15-6-4-3-5-7-15;;/h3-11H,12-13H2,1-2H3;1H;1H3. The van der Waals surface area contributed by atoms with Crippen LogP contribution in [0.2, 0.25) is 0 Å². The van der Waals surface area contributed by atoms with Crippen molar-refractivity contribution < 1.29 is 4.79 Å². The molecule has 0 amide bonds. The fourth-order valence-corrected chi connectivity index (χ4v) is 1.93. The second-order valence-electron chi connectivity index (χ2n) is 4.95. The largest absolute Gasteiger partial charge is 0.344 e. The first-order valence-corrected chi connectivity index (χ1v) is 6.50. The SMILES string of the molecule is CN(C)CCc1ccc(C(=O)c2ccccc2)cc1.Cl.N. The van der Waals surface area contributed by atoms with Gasteiger partial charge in [0.2, 0.25) is 0 Å². The van der Waals surface area contributed by atoms with Gasteiger partial charge in [-0.05, 0) is 26.1 Å². The molecule has 0 unspecified atom stereocenters. The molecule has 2 rings (SSSR count). The Labute approximate surface area is 133 Å². The van der Waals surface area contributed by atoms with E-state index in [0.29, 0.717) is 0 Å². The van der Waals surface area contributed by atoms with E-state index in [1.807, 2.05) is 54.6 Å². The number of hydrogen-bond donors (Lipinski definition) is 1. The van der Waals surface area contributed by atoms with Crippen molar-refractivity contribution in [3.63, 3.8) is 0 Å². The molecule has 0 aliphatic rings. The second-order valence-corrected chi connectivity index (χ2v) is 4.95. The monoisotopic (exact) mass is 306 g/mol. The van der Waals surface area contributed by atoms with Crippen LogP contribution in [0.1, 0.15) is 21.5 Å². The predicted octanol–water partition coefficient (Wildman–Crippen LogP) is 3.61. The smallest absolute Gasteiger partial charge is 0.193 e. The number of hydrogen-bond acceptors (Lipinski definition) is 3. The molecule has 0 radical (unpaired) electrons. The number of rotatable bonds is 5. The van der Waals surface area contributed by atoms with E-state index in [1.54, 1.807) is 0 Å². The van der Waals surface area contributed by atoms with Crippen molar-refractivity contribution in [3.8, 4) is 0 Å². The maximum Gasteiger partial charge on any atom is 0.193 e. The minimum atomic E-state index is 0. The summed E-state index contributed by atoms with van der Waals surface area (Å²) in [7, 11) is 4.13. The lowest BCUT2D eigenvalue weighted by Gasteiger charge is -2.09. The highest BCUT2D eigenvalue weighted by Crippen LogP contribution is 2.11. The number of likely N-dealkylation sites (N-methyl/N-ethyl adjacent to an activating group) is 1. The Balaban J connectivity index is 0.00000200. The van der Waals surface area contributed by atoms with E-state index >= 15 is 0 Å². The fourth-order valence-electron chi connectivity index (χ4n) is 1.93. The molecule has 2 aromatic carbocycles. The van der Waals surface area contributed by atoms with Crippen LogP contribution in [0.5, 0.6) is 0 Å². The molecule has 0 saturated carbocycles. The predicted molar refractivity (Wildman–Crippen MR) is 90.8 cm³/mol. The Morgan fingerprint density at radius 3 is 1.95 bits per heavy atom. The Hall–Kier alpha value is -1.68. The van der Waals surface area contributed by atoms with E-state index < -0.39 is 0 Å². The van der Waals surface area contributed by atoms with Crippen molar-refractivity contribution in [2.24, 2.45) is 0 Å². The molecule has 0 atom stereocenters. The van der Waals surface area contributed by atoms with E-state index in [2.05, 4.69) is 19.0 Å². The number of halogens is 1. The lowest BCUT2D eigenvalue weighted by molar-refractivity contribution is 0.103. The molecule has 3 nitrogen and oxygen atoms in total. The van der Waals surface area contributed by atoms with Crippen LogP contribution in [0.25, 0.3) is 0 Å². The minimum absolute atomic E-state index is 0. The molecule has 21 heavy (non-hydrogen) atoms. The van der Waals surface area contributed by atoms with Gasteiger partial charge in [-0.2, -0.15) is 0 Å². The zero-order valence-electron chi connectivity index (χ0n) is 12.6. The number of benzene rings is 2. The molecule has 0 bridgehead atoms. The first kappa shape index (κ1) is 19.3. The van der Waals surface area contributed by atoms with Crippen molar-refractivity contribution in [2.45, 2.75) is 6.42 Å². The van der Waals surface area contributed by atoms with Gasteiger partial charge in [-0.15, -0.1) is 12.4 Å². The van der Waals surface area contributed by atoms with Crippen LogP contribution in [0.3, 0.4) is 0 Å². The highest BCUT2D eigenvalue weighted by Gasteiger charge is 2.07. The summed E-state index contributed by atoms with van der Waals surface area (Å²) in [5, 5.41) is 0. The van der Waals surface area contributed by atoms with Crippen molar-refractivity contribution in [3.05, 3.63) is 71.3 Å². The first-order valence-electron chi connectivity index (χ1n) is 6.50. The summed E-state index contributed by atoms with van der Waals surface area (Å²) in [6.07, 6.45) is 1.01. The minimum Gasteiger partial charge on any atom is -0.344 e. The van der Waals surface area contributed by atoms with Crippen LogP contribution in [0.4, 0.5) is 0 Å². The van der Waals surface area contributed by atoms with Crippen LogP contribution in [-0.2, 0) is 6.42 Å². The van der Waals surface area contributed by atoms with Gasteiger partial charge < -0.3 is 11.1 Å². The molecule has 2 aromatic rings. The highest BCUT2D eigenvalue weighted by atomic mass is 35.5. The van der Waals surface area contributed by atoms with Gasteiger partial charge in [0.05, 0.1) is 0 Å². The molecule has 3 N–H and O–H groups in total. The zero-order chi connectivity index (χ0) is 13.7. The van der Waals surface area contributed by atoms with Crippen LogP contribution in [0, 0.1) is 0 Å². The maximum atomic E-state index is 12.2. The maximum absolute atomic E-state index is 12.2. The lowest BCUT2D eigenvalue weighted by atomic mass is 10.0. The average molecular weight is 307 g/mol. The van der Waals surface area contributed by atoms with Crippen molar-refractivity contribution in [2.75, 3.05) is 20.6 Å². The summed E-state index contributed by atoms with van der Waals surface area (Å²) in [4.78, 5) is 14.4. The van der Waals surface area contributed by atoms with E-state index in [1.165, 1.54) is 5.56 Å². The van der Waals surface area contributed by atoms with Gasteiger partial charge >= 0.3 is 0 Å².